The van der Waals surface area contributed by atoms with Crippen LogP contribution in [0.15, 0.2) is 41.3 Å². The summed E-state index contributed by atoms with van der Waals surface area (Å²) in [6.45, 7) is 5.75. The third-order valence-electron chi connectivity index (χ3n) is 5.46. The smallest absolute Gasteiger partial charge is 0.143 e. The minimum atomic E-state index is -0.271. The van der Waals surface area contributed by atoms with Crippen LogP contribution in [0.5, 0.6) is 0 Å². The summed E-state index contributed by atoms with van der Waals surface area (Å²) in [5, 5.41) is 3.65. The maximum atomic E-state index is 13.6. The van der Waals surface area contributed by atoms with Gasteiger partial charge in [0.05, 0.1) is 17.6 Å². The molecular formula is C21H25BrFN5. The van der Waals surface area contributed by atoms with Crippen molar-refractivity contribution in [2.75, 3.05) is 37.6 Å². The second kappa shape index (κ2) is 9.11. The van der Waals surface area contributed by atoms with Gasteiger partial charge in [0.2, 0.25) is 0 Å². The quantitative estimate of drug-likeness (QED) is 0.689. The molecule has 2 aliphatic rings. The zero-order chi connectivity index (χ0) is 19.3. The van der Waals surface area contributed by atoms with Gasteiger partial charge < -0.3 is 15.1 Å². The third kappa shape index (κ3) is 4.96. The molecule has 0 bridgehead atoms. The number of anilines is 1. The van der Waals surface area contributed by atoms with Gasteiger partial charge in [0.15, 0.2) is 0 Å². The molecule has 0 saturated carbocycles. The highest BCUT2D eigenvalue weighted by Crippen LogP contribution is 2.24. The molecule has 0 aliphatic carbocycles. The van der Waals surface area contributed by atoms with E-state index in [1.165, 1.54) is 11.8 Å². The van der Waals surface area contributed by atoms with Crippen molar-refractivity contribution in [2.24, 2.45) is 0 Å². The third-order valence-corrected chi connectivity index (χ3v) is 5.93. The lowest BCUT2D eigenvalue weighted by atomic mass is 10.0. The van der Waals surface area contributed by atoms with E-state index in [-0.39, 0.29) is 5.82 Å². The van der Waals surface area contributed by atoms with Gasteiger partial charge in [0, 0.05) is 44.5 Å². The van der Waals surface area contributed by atoms with Crippen LogP contribution in [-0.4, -0.2) is 53.6 Å². The minimum Gasteiger partial charge on any atom is -0.365 e. The molecular weight excluding hydrogens is 421 g/mol. The number of likely N-dealkylation sites (tertiary alicyclic amines) is 1. The Morgan fingerprint density at radius 1 is 1.14 bits per heavy atom. The Hall–Kier alpha value is -1.83. The first kappa shape index (κ1) is 19.5. The van der Waals surface area contributed by atoms with Crippen molar-refractivity contribution in [3.05, 3.63) is 58.3 Å². The first-order chi connectivity index (χ1) is 13.7. The average Bonchev–Trinajstić information content (AvgIpc) is 2.72. The number of hydrogen-bond acceptors (Lipinski definition) is 5. The SMILES string of the molecule is Fc1cnc2c(c1)N(CCN1CCC(NCc3ccc(Br)nc3)CC1)CC=C2. The van der Waals surface area contributed by atoms with Gasteiger partial charge in [0.1, 0.15) is 10.4 Å². The minimum absolute atomic E-state index is 0.271. The summed E-state index contributed by atoms with van der Waals surface area (Å²) in [6.07, 6.45) is 9.57. The first-order valence-corrected chi connectivity index (χ1v) is 10.6. The predicted octanol–water partition coefficient (Wildman–Crippen LogP) is 3.47. The van der Waals surface area contributed by atoms with Crippen LogP contribution in [0.25, 0.3) is 6.08 Å². The Labute approximate surface area is 173 Å². The summed E-state index contributed by atoms with van der Waals surface area (Å²) in [5.74, 6) is -0.271. The van der Waals surface area contributed by atoms with E-state index in [1.807, 2.05) is 18.3 Å². The zero-order valence-corrected chi connectivity index (χ0v) is 17.4. The van der Waals surface area contributed by atoms with E-state index in [9.17, 15) is 4.39 Å². The van der Waals surface area contributed by atoms with Gasteiger partial charge in [-0.2, -0.15) is 0 Å². The average molecular weight is 446 g/mol. The van der Waals surface area contributed by atoms with E-state index < -0.39 is 0 Å². The van der Waals surface area contributed by atoms with Crippen LogP contribution in [0, 0.1) is 5.82 Å². The van der Waals surface area contributed by atoms with Gasteiger partial charge in [-0.05, 0) is 59.6 Å². The van der Waals surface area contributed by atoms with Crippen molar-refractivity contribution in [1.29, 1.82) is 0 Å². The van der Waals surface area contributed by atoms with Gasteiger partial charge >= 0.3 is 0 Å². The number of aromatic nitrogens is 2. The van der Waals surface area contributed by atoms with Gasteiger partial charge in [0.25, 0.3) is 0 Å². The number of piperidine rings is 1. The highest BCUT2D eigenvalue weighted by molar-refractivity contribution is 9.10. The van der Waals surface area contributed by atoms with E-state index >= 15 is 0 Å². The van der Waals surface area contributed by atoms with Gasteiger partial charge in [-0.25, -0.2) is 9.37 Å². The number of fused-ring (bicyclic) bond motifs is 1. The van der Waals surface area contributed by atoms with Crippen LogP contribution in [0.2, 0.25) is 0 Å². The molecule has 2 aromatic heterocycles. The highest BCUT2D eigenvalue weighted by atomic mass is 79.9. The molecule has 0 unspecified atom stereocenters. The topological polar surface area (TPSA) is 44.3 Å². The van der Waals surface area contributed by atoms with Crippen LogP contribution < -0.4 is 10.2 Å². The Balaban J connectivity index is 1.21. The number of halogens is 2. The molecule has 0 spiro atoms. The largest absolute Gasteiger partial charge is 0.365 e. The van der Waals surface area contributed by atoms with E-state index in [0.29, 0.717) is 6.04 Å². The molecule has 5 nitrogen and oxygen atoms in total. The lowest BCUT2D eigenvalue weighted by Gasteiger charge is -2.35. The number of nitrogens with zero attached hydrogens (tertiary/aromatic N) is 4. The van der Waals surface area contributed by atoms with Crippen LogP contribution in [0.1, 0.15) is 24.1 Å². The van der Waals surface area contributed by atoms with Crippen molar-refractivity contribution < 1.29 is 4.39 Å². The molecule has 2 aromatic rings. The number of hydrogen-bond donors (Lipinski definition) is 1. The van der Waals surface area contributed by atoms with Crippen molar-refractivity contribution in [3.63, 3.8) is 0 Å². The number of rotatable bonds is 6. The van der Waals surface area contributed by atoms with Gasteiger partial charge in [-0.3, -0.25) is 4.98 Å². The Morgan fingerprint density at radius 3 is 2.79 bits per heavy atom. The molecule has 1 fully saturated rings. The first-order valence-electron chi connectivity index (χ1n) is 9.80. The molecule has 0 aromatic carbocycles. The Bertz CT molecular complexity index is 818. The normalized spacial score (nSPS) is 17.7. The fourth-order valence-corrected chi connectivity index (χ4v) is 4.05. The Kier molecular flexibility index (Phi) is 6.34. The van der Waals surface area contributed by atoms with Crippen LogP contribution in [0.3, 0.4) is 0 Å². The zero-order valence-electron chi connectivity index (χ0n) is 15.8. The van der Waals surface area contributed by atoms with E-state index in [4.69, 9.17) is 0 Å². The standard InChI is InChI=1S/C21H25BrFN5/c22-21-4-3-16(14-26-21)13-24-18-5-8-27(9-6-18)10-11-28-7-1-2-19-20(28)12-17(23)15-25-19/h1-4,12,14-15,18,24H,5-11,13H2. The van der Waals surface area contributed by atoms with Crippen molar-refractivity contribution in [1.82, 2.24) is 20.2 Å². The molecule has 148 valence electrons. The monoisotopic (exact) mass is 445 g/mol. The van der Waals surface area contributed by atoms with Crippen LogP contribution in [-0.2, 0) is 6.54 Å². The maximum absolute atomic E-state index is 13.6. The van der Waals surface area contributed by atoms with E-state index in [0.717, 1.165) is 68.1 Å². The second-order valence-electron chi connectivity index (χ2n) is 7.39. The summed E-state index contributed by atoms with van der Waals surface area (Å²) in [5.41, 5.74) is 2.98. The molecule has 28 heavy (non-hydrogen) atoms. The fraction of sp³-hybridized carbons (Fsp3) is 0.429. The van der Waals surface area contributed by atoms with E-state index in [2.05, 4.69) is 53.2 Å². The molecule has 1 saturated heterocycles. The summed E-state index contributed by atoms with van der Waals surface area (Å²) >= 11 is 3.37. The Morgan fingerprint density at radius 2 is 2.00 bits per heavy atom. The lowest BCUT2D eigenvalue weighted by Crippen LogP contribution is -2.45. The molecule has 4 rings (SSSR count). The van der Waals surface area contributed by atoms with E-state index in [1.54, 1.807) is 6.07 Å². The van der Waals surface area contributed by atoms with Gasteiger partial charge in [-0.1, -0.05) is 12.1 Å². The van der Waals surface area contributed by atoms with Crippen molar-refractivity contribution >= 4 is 27.7 Å². The molecule has 0 amide bonds. The summed E-state index contributed by atoms with van der Waals surface area (Å²) in [7, 11) is 0. The summed E-state index contributed by atoms with van der Waals surface area (Å²) in [6, 6.07) is 6.23. The second-order valence-corrected chi connectivity index (χ2v) is 8.20. The molecule has 0 atom stereocenters. The molecule has 4 heterocycles. The molecule has 0 radical (unpaired) electrons. The molecule has 1 N–H and O–H groups in total. The highest BCUT2D eigenvalue weighted by Gasteiger charge is 2.21. The summed E-state index contributed by atoms with van der Waals surface area (Å²) in [4.78, 5) is 13.2. The number of nitrogens with one attached hydrogen (secondary N) is 1. The van der Waals surface area contributed by atoms with Gasteiger partial charge in [-0.15, -0.1) is 0 Å². The molecule has 2 aliphatic heterocycles. The van der Waals surface area contributed by atoms with Crippen molar-refractivity contribution in [2.45, 2.75) is 25.4 Å². The van der Waals surface area contributed by atoms with Crippen LogP contribution >= 0.6 is 15.9 Å². The lowest BCUT2D eigenvalue weighted by molar-refractivity contribution is 0.201. The fourth-order valence-electron chi connectivity index (χ4n) is 3.82. The summed E-state index contributed by atoms with van der Waals surface area (Å²) < 4.78 is 14.5. The maximum Gasteiger partial charge on any atom is 0.143 e. The van der Waals surface area contributed by atoms with Crippen molar-refractivity contribution in [3.8, 4) is 0 Å². The predicted molar refractivity (Wildman–Crippen MR) is 114 cm³/mol. The number of pyridine rings is 2. The van der Waals surface area contributed by atoms with Crippen LogP contribution in [0.4, 0.5) is 10.1 Å². The molecule has 7 heteroatoms.